The molecule has 0 rings (SSSR count). The van der Waals surface area contributed by atoms with Crippen molar-refractivity contribution in [2.75, 3.05) is 7.11 Å². The molecule has 9 heavy (non-hydrogen) atoms. The van der Waals surface area contributed by atoms with Crippen molar-refractivity contribution in [3.05, 3.63) is 6.42 Å². The van der Waals surface area contributed by atoms with Crippen LogP contribution < -0.4 is 0 Å². The summed E-state index contributed by atoms with van der Waals surface area (Å²) in [6.07, 6.45) is 9.75. The van der Waals surface area contributed by atoms with Gasteiger partial charge in [-0.1, -0.05) is 5.92 Å². The molecule has 0 saturated carbocycles. The molecule has 51 valence electrons. The minimum Gasteiger partial charge on any atom is -0.382 e. The lowest BCUT2D eigenvalue weighted by Gasteiger charge is -2.05. The SMILES string of the molecule is [C]#CCCCC(C)OC. The monoisotopic (exact) mass is 125 g/mol. The van der Waals surface area contributed by atoms with E-state index in [0.29, 0.717) is 6.10 Å². The van der Waals surface area contributed by atoms with Gasteiger partial charge >= 0.3 is 0 Å². The molecule has 0 N–H and O–H groups in total. The maximum atomic E-state index is 6.61. The molecule has 0 spiro atoms. The second-order valence-electron chi connectivity index (χ2n) is 2.12. The van der Waals surface area contributed by atoms with Crippen LogP contribution in [-0.4, -0.2) is 13.2 Å². The fraction of sp³-hybridized carbons (Fsp3) is 0.750. The second kappa shape index (κ2) is 5.65. The number of hydrogen-bond donors (Lipinski definition) is 0. The highest BCUT2D eigenvalue weighted by Crippen LogP contribution is 2.01. The van der Waals surface area contributed by atoms with Gasteiger partial charge in [0, 0.05) is 13.5 Å². The summed E-state index contributed by atoms with van der Waals surface area (Å²) in [7, 11) is 1.71. The molecule has 0 aromatic heterocycles. The van der Waals surface area contributed by atoms with Gasteiger partial charge in [-0.2, -0.15) is 0 Å². The maximum Gasteiger partial charge on any atom is 0.0543 e. The number of unbranched alkanes of at least 4 members (excludes halogenated alkanes) is 1. The Morgan fingerprint density at radius 1 is 1.67 bits per heavy atom. The van der Waals surface area contributed by atoms with Gasteiger partial charge in [0.1, 0.15) is 0 Å². The van der Waals surface area contributed by atoms with E-state index in [0.717, 1.165) is 19.3 Å². The molecule has 0 aliphatic heterocycles. The van der Waals surface area contributed by atoms with Crippen molar-refractivity contribution >= 4 is 0 Å². The predicted octanol–water partition coefficient (Wildman–Crippen LogP) is 1.78. The van der Waals surface area contributed by atoms with Gasteiger partial charge in [0.05, 0.1) is 6.10 Å². The van der Waals surface area contributed by atoms with E-state index in [1.165, 1.54) is 0 Å². The third-order valence-electron chi connectivity index (χ3n) is 1.31. The summed E-state index contributed by atoms with van der Waals surface area (Å²) in [6.45, 7) is 2.03. The number of hydrogen-bond acceptors (Lipinski definition) is 1. The van der Waals surface area contributed by atoms with Gasteiger partial charge in [-0.25, -0.2) is 0 Å². The lowest BCUT2D eigenvalue weighted by atomic mass is 10.2. The first-order valence-corrected chi connectivity index (χ1v) is 3.23. The summed E-state index contributed by atoms with van der Waals surface area (Å²) in [5, 5.41) is 0. The minimum atomic E-state index is 0.332. The van der Waals surface area contributed by atoms with Gasteiger partial charge in [0.25, 0.3) is 0 Å². The van der Waals surface area contributed by atoms with E-state index in [9.17, 15) is 0 Å². The molecule has 0 aromatic carbocycles. The minimum absolute atomic E-state index is 0.332. The van der Waals surface area contributed by atoms with Crippen LogP contribution in [0.25, 0.3) is 0 Å². The summed E-state index contributed by atoms with van der Waals surface area (Å²) in [4.78, 5) is 0. The molecule has 0 saturated heterocycles. The molecule has 1 radical (unpaired) electrons. The summed E-state index contributed by atoms with van der Waals surface area (Å²) in [5.41, 5.74) is 0. The Balaban J connectivity index is 2.99. The van der Waals surface area contributed by atoms with E-state index in [-0.39, 0.29) is 0 Å². The maximum absolute atomic E-state index is 6.61. The quantitative estimate of drug-likeness (QED) is 0.411. The van der Waals surface area contributed by atoms with Crippen LogP contribution in [0.3, 0.4) is 0 Å². The average molecular weight is 125 g/mol. The molecular weight excluding hydrogens is 112 g/mol. The molecule has 1 heteroatoms. The molecule has 1 unspecified atom stereocenters. The topological polar surface area (TPSA) is 9.23 Å². The molecular formula is C8H13O. The van der Waals surface area contributed by atoms with Gasteiger partial charge in [-0.05, 0) is 26.2 Å². The van der Waals surface area contributed by atoms with Gasteiger partial charge in [0.2, 0.25) is 0 Å². The van der Waals surface area contributed by atoms with Gasteiger partial charge < -0.3 is 4.74 Å². The molecule has 0 aliphatic rings. The highest BCUT2D eigenvalue weighted by Gasteiger charge is 1.95. The van der Waals surface area contributed by atoms with E-state index < -0.39 is 0 Å². The summed E-state index contributed by atoms with van der Waals surface area (Å²) in [5.74, 6) is 2.34. The molecule has 1 nitrogen and oxygen atoms in total. The Hall–Kier alpha value is -0.480. The first kappa shape index (κ1) is 8.52. The van der Waals surface area contributed by atoms with Crippen molar-refractivity contribution < 1.29 is 4.74 Å². The smallest absolute Gasteiger partial charge is 0.0543 e. The molecule has 1 atom stereocenters. The van der Waals surface area contributed by atoms with Crippen molar-refractivity contribution in [2.45, 2.75) is 32.3 Å². The molecule has 0 bridgehead atoms. The Morgan fingerprint density at radius 2 is 2.33 bits per heavy atom. The average Bonchev–Trinajstić information content (AvgIpc) is 1.89. The number of ether oxygens (including phenoxy) is 1. The lowest BCUT2D eigenvalue weighted by Crippen LogP contribution is -2.03. The summed E-state index contributed by atoms with van der Waals surface area (Å²) >= 11 is 0. The first-order chi connectivity index (χ1) is 4.31. The van der Waals surface area contributed by atoms with E-state index in [1.807, 2.05) is 6.92 Å². The van der Waals surface area contributed by atoms with Crippen molar-refractivity contribution in [3.8, 4) is 5.92 Å². The Bertz CT molecular complexity index is 91.2. The van der Waals surface area contributed by atoms with Gasteiger partial charge in [0.15, 0.2) is 0 Å². The molecule has 0 heterocycles. The second-order valence-corrected chi connectivity index (χ2v) is 2.12. The number of rotatable bonds is 4. The van der Waals surface area contributed by atoms with Crippen molar-refractivity contribution in [3.63, 3.8) is 0 Å². The van der Waals surface area contributed by atoms with Crippen LogP contribution in [0.4, 0.5) is 0 Å². The van der Waals surface area contributed by atoms with E-state index in [4.69, 9.17) is 11.2 Å². The predicted molar refractivity (Wildman–Crippen MR) is 37.5 cm³/mol. The van der Waals surface area contributed by atoms with Gasteiger partial charge in [-0.3, -0.25) is 0 Å². The van der Waals surface area contributed by atoms with Crippen molar-refractivity contribution in [1.82, 2.24) is 0 Å². The fourth-order valence-electron chi connectivity index (χ4n) is 0.596. The Labute approximate surface area is 57.4 Å². The van der Waals surface area contributed by atoms with E-state index in [2.05, 4.69) is 5.92 Å². The zero-order chi connectivity index (χ0) is 7.11. The van der Waals surface area contributed by atoms with Crippen LogP contribution in [0.2, 0.25) is 0 Å². The lowest BCUT2D eigenvalue weighted by molar-refractivity contribution is 0.109. The molecule has 0 amide bonds. The van der Waals surface area contributed by atoms with Crippen molar-refractivity contribution in [1.29, 1.82) is 0 Å². The van der Waals surface area contributed by atoms with Crippen LogP contribution >= 0.6 is 0 Å². The zero-order valence-corrected chi connectivity index (χ0v) is 6.11. The molecule has 0 aliphatic carbocycles. The summed E-state index contributed by atoms with van der Waals surface area (Å²) < 4.78 is 5.01. The van der Waals surface area contributed by atoms with Crippen LogP contribution in [0, 0.1) is 12.3 Å². The van der Waals surface area contributed by atoms with Crippen molar-refractivity contribution in [2.24, 2.45) is 0 Å². The fourth-order valence-corrected chi connectivity index (χ4v) is 0.596. The standard InChI is InChI=1S/C8H13O/c1-4-5-6-7-8(2)9-3/h8H,5-7H2,2-3H3. The summed E-state index contributed by atoms with van der Waals surface area (Å²) in [6, 6.07) is 0. The van der Waals surface area contributed by atoms with Crippen LogP contribution in [0.1, 0.15) is 26.2 Å². The first-order valence-electron chi connectivity index (χ1n) is 3.23. The molecule has 0 fully saturated rings. The third-order valence-corrected chi connectivity index (χ3v) is 1.31. The van der Waals surface area contributed by atoms with Crippen LogP contribution in [0.15, 0.2) is 0 Å². The van der Waals surface area contributed by atoms with Crippen LogP contribution in [-0.2, 0) is 4.74 Å². The molecule has 0 aromatic rings. The number of methoxy groups -OCH3 is 1. The zero-order valence-electron chi connectivity index (χ0n) is 6.11. The largest absolute Gasteiger partial charge is 0.382 e. The third kappa shape index (κ3) is 5.39. The van der Waals surface area contributed by atoms with E-state index in [1.54, 1.807) is 7.11 Å². The normalized spacial score (nSPS) is 12.6. The Morgan fingerprint density at radius 3 is 2.78 bits per heavy atom. The van der Waals surface area contributed by atoms with Gasteiger partial charge in [-0.15, -0.1) is 0 Å². The highest BCUT2D eigenvalue weighted by atomic mass is 16.5. The Kier molecular flexibility index (Phi) is 5.35. The van der Waals surface area contributed by atoms with Crippen LogP contribution in [0.5, 0.6) is 0 Å². The van der Waals surface area contributed by atoms with E-state index >= 15 is 0 Å². The highest BCUT2D eigenvalue weighted by molar-refractivity contribution is 4.74.